The minimum atomic E-state index is -0.593. The molecule has 0 N–H and O–H groups in total. The van der Waals surface area contributed by atoms with E-state index in [0.29, 0.717) is 12.8 Å². The fourth-order valence-corrected chi connectivity index (χ4v) is 3.67. The zero-order valence-corrected chi connectivity index (χ0v) is 19.1. The maximum absolute atomic E-state index is 13.4. The summed E-state index contributed by atoms with van der Waals surface area (Å²) in [6.45, 7) is 11.5. The van der Waals surface area contributed by atoms with E-state index in [2.05, 4.69) is 0 Å². The van der Waals surface area contributed by atoms with E-state index in [9.17, 15) is 14.4 Å². The molecule has 0 unspecified atom stereocenters. The summed E-state index contributed by atoms with van der Waals surface area (Å²) in [5.41, 5.74) is 0.174. The third-order valence-electron chi connectivity index (χ3n) is 5.21. The lowest BCUT2D eigenvalue weighted by molar-refractivity contribution is -0.155. The molecule has 1 aromatic rings. The number of benzene rings is 1. The molecular weight excluding hydrogens is 382 g/mol. The maximum atomic E-state index is 13.4. The molecule has 0 aromatic heterocycles. The van der Waals surface area contributed by atoms with Gasteiger partial charge in [0.05, 0.1) is 6.04 Å². The van der Waals surface area contributed by atoms with E-state index in [1.54, 1.807) is 0 Å². The highest BCUT2D eigenvalue weighted by Crippen LogP contribution is 2.34. The van der Waals surface area contributed by atoms with E-state index in [0.717, 1.165) is 12.0 Å². The van der Waals surface area contributed by atoms with Crippen molar-refractivity contribution >= 4 is 18.0 Å². The first-order valence-electron chi connectivity index (χ1n) is 10.6. The fraction of sp³-hybridized carbons (Fsp3) is 0.625. The lowest BCUT2D eigenvalue weighted by Gasteiger charge is -2.33. The highest BCUT2D eigenvalue weighted by molar-refractivity contribution is 5.95. The Bertz CT molecular complexity index is 745. The summed E-state index contributed by atoms with van der Waals surface area (Å²) < 4.78 is 10.6. The number of carbonyl (C=O) groups excluding carboxylic acids is 3. The summed E-state index contributed by atoms with van der Waals surface area (Å²) in [6.07, 6.45) is 1.26. The van der Waals surface area contributed by atoms with Gasteiger partial charge in [0.15, 0.2) is 0 Å². The summed E-state index contributed by atoms with van der Waals surface area (Å²) in [4.78, 5) is 39.2. The van der Waals surface area contributed by atoms with Crippen molar-refractivity contribution in [2.75, 3.05) is 6.61 Å². The van der Waals surface area contributed by atoms with Crippen LogP contribution >= 0.6 is 0 Å². The van der Waals surface area contributed by atoms with E-state index in [-0.39, 0.29) is 30.9 Å². The number of ether oxygens (including phenoxy) is 2. The third kappa shape index (κ3) is 6.85. The van der Waals surface area contributed by atoms with E-state index in [1.165, 1.54) is 4.90 Å². The van der Waals surface area contributed by atoms with Crippen LogP contribution in [0.15, 0.2) is 30.3 Å². The van der Waals surface area contributed by atoms with Gasteiger partial charge in [0.1, 0.15) is 12.2 Å². The number of nitrogens with zero attached hydrogens (tertiary/aromatic N) is 1. The van der Waals surface area contributed by atoms with Gasteiger partial charge in [-0.2, -0.15) is 0 Å². The molecule has 1 aliphatic heterocycles. The Hall–Kier alpha value is -2.37. The van der Waals surface area contributed by atoms with Gasteiger partial charge in [-0.15, -0.1) is 0 Å². The largest absolute Gasteiger partial charge is 0.460 e. The molecule has 0 spiro atoms. The highest BCUT2D eigenvalue weighted by Gasteiger charge is 2.44. The minimum Gasteiger partial charge on any atom is -0.460 e. The molecule has 2 amide bonds. The first kappa shape index (κ1) is 23.9. The quantitative estimate of drug-likeness (QED) is 0.599. The molecule has 0 bridgehead atoms. The number of rotatable bonds is 7. The van der Waals surface area contributed by atoms with Crippen molar-refractivity contribution in [3.63, 3.8) is 0 Å². The number of hydrogen-bond acceptors (Lipinski definition) is 5. The average molecular weight is 418 g/mol. The van der Waals surface area contributed by atoms with Crippen molar-refractivity contribution in [3.05, 3.63) is 35.9 Å². The van der Waals surface area contributed by atoms with Gasteiger partial charge in [-0.05, 0) is 51.0 Å². The molecule has 30 heavy (non-hydrogen) atoms. The van der Waals surface area contributed by atoms with Gasteiger partial charge in [-0.1, -0.05) is 51.1 Å². The SMILES string of the molecule is CC(C)(C)OC(=O)CC[C@H](C(=O)N1C(=O)OC[C@@H]1CCc1ccccc1)C(C)(C)C. The maximum Gasteiger partial charge on any atom is 0.416 e. The summed E-state index contributed by atoms with van der Waals surface area (Å²) in [7, 11) is 0. The van der Waals surface area contributed by atoms with Crippen LogP contribution in [-0.4, -0.2) is 41.1 Å². The topological polar surface area (TPSA) is 72.9 Å². The molecule has 1 aromatic carbocycles. The van der Waals surface area contributed by atoms with E-state index >= 15 is 0 Å². The van der Waals surface area contributed by atoms with Crippen LogP contribution < -0.4 is 0 Å². The van der Waals surface area contributed by atoms with Crippen molar-refractivity contribution in [1.82, 2.24) is 4.90 Å². The van der Waals surface area contributed by atoms with Crippen molar-refractivity contribution in [2.24, 2.45) is 11.3 Å². The first-order valence-corrected chi connectivity index (χ1v) is 10.6. The van der Waals surface area contributed by atoms with Crippen LogP contribution in [0.25, 0.3) is 0 Å². The second-order valence-corrected chi connectivity index (χ2v) is 10.0. The molecule has 1 fully saturated rings. The Morgan fingerprint density at radius 2 is 1.77 bits per heavy atom. The van der Waals surface area contributed by atoms with Gasteiger partial charge in [0.2, 0.25) is 5.91 Å². The number of imide groups is 1. The Morgan fingerprint density at radius 1 is 1.13 bits per heavy atom. The molecule has 166 valence electrons. The van der Waals surface area contributed by atoms with Gasteiger partial charge < -0.3 is 9.47 Å². The molecule has 0 aliphatic carbocycles. The number of amides is 2. The highest BCUT2D eigenvalue weighted by atomic mass is 16.6. The van der Waals surface area contributed by atoms with Gasteiger partial charge >= 0.3 is 12.1 Å². The second kappa shape index (κ2) is 9.63. The normalized spacial score (nSPS) is 18.1. The predicted molar refractivity (Wildman–Crippen MR) is 115 cm³/mol. The Labute approximate surface area is 179 Å². The molecule has 1 heterocycles. The number of hydrogen-bond donors (Lipinski definition) is 0. The summed E-state index contributed by atoms with van der Waals surface area (Å²) in [5, 5.41) is 0. The molecule has 1 saturated heterocycles. The lowest BCUT2D eigenvalue weighted by atomic mass is 9.77. The van der Waals surface area contributed by atoms with E-state index < -0.39 is 23.0 Å². The zero-order valence-electron chi connectivity index (χ0n) is 19.1. The van der Waals surface area contributed by atoms with Crippen molar-refractivity contribution in [3.8, 4) is 0 Å². The molecule has 0 saturated carbocycles. The fourth-order valence-electron chi connectivity index (χ4n) is 3.67. The first-order chi connectivity index (χ1) is 13.9. The zero-order chi connectivity index (χ0) is 22.5. The van der Waals surface area contributed by atoms with Crippen molar-refractivity contribution < 1.29 is 23.9 Å². The molecule has 2 atom stereocenters. The van der Waals surface area contributed by atoms with E-state index in [1.807, 2.05) is 71.9 Å². The van der Waals surface area contributed by atoms with Crippen LogP contribution in [-0.2, 0) is 25.5 Å². The Morgan fingerprint density at radius 3 is 2.33 bits per heavy atom. The number of esters is 1. The van der Waals surface area contributed by atoms with Crippen LogP contribution in [0, 0.1) is 11.3 Å². The van der Waals surface area contributed by atoms with Crippen molar-refractivity contribution in [1.29, 1.82) is 0 Å². The van der Waals surface area contributed by atoms with Crippen LogP contribution in [0.5, 0.6) is 0 Å². The van der Waals surface area contributed by atoms with Gasteiger partial charge in [-0.25, -0.2) is 9.69 Å². The van der Waals surface area contributed by atoms with E-state index in [4.69, 9.17) is 9.47 Å². The van der Waals surface area contributed by atoms with Gasteiger partial charge in [-0.3, -0.25) is 9.59 Å². The Kier molecular flexibility index (Phi) is 7.67. The predicted octanol–water partition coefficient (Wildman–Crippen LogP) is 4.75. The van der Waals surface area contributed by atoms with Crippen LogP contribution in [0.1, 0.15) is 66.4 Å². The summed E-state index contributed by atoms with van der Waals surface area (Å²) in [6, 6.07) is 9.67. The third-order valence-corrected chi connectivity index (χ3v) is 5.21. The standard InChI is InChI=1S/C24H35NO5/c1-23(2,3)19(14-15-20(26)30-24(4,5)6)21(27)25-18(16-29-22(25)28)13-12-17-10-8-7-9-11-17/h7-11,18-19H,12-16H2,1-6H3/t18-,19+/m0/s1. The minimum absolute atomic E-state index is 0.127. The Balaban J connectivity index is 2.08. The molecule has 0 radical (unpaired) electrons. The second-order valence-electron chi connectivity index (χ2n) is 10.0. The molecule has 6 heteroatoms. The van der Waals surface area contributed by atoms with Crippen LogP contribution in [0.3, 0.4) is 0 Å². The summed E-state index contributed by atoms with van der Waals surface area (Å²) >= 11 is 0. The van der Waals surface area contributed by atoms with Crippen LogP contribution in [0.4, 0.5) is 4.79 Å². The van der Waals surface area contributed by atoms with Crippen LogP contribution in [0.2, 0.25) is 0 Å². The molecule has 1 aliphatic rings. The molecular formula is C24H35NO5. The van der Waals surface area contributed by atoms with Gasteiger partial charge in [0, 0.05) is 12.3 Å². The molecule has 6 nitrogen and oxygen atoms in total. The molecule has 2 rings (SSSR count). The van der Waals surface area contributed by atoms with Gasteiger partial charge in [0.25, 0.3) is 0 Å². The smallest absolute Gasteiger partial charge is 0.416 e. The average Bonchev–Trinajstić information content (AvgIpc) is 2.98. The number of cyclic esters (lactones) is 1. The number of carbonyl (C=O) groups is 3. The van der Waals surface area contributed by atoms with Crippen molar-refractivity contribution in [2.45, 2.75) is 78.9 Å². The lowest BCUT2D eigenvalue weighted by Crippen LogP contribution is -2.46. The number of aryl methyl sites for hydroxylation is 1. The summed E-state index contributed by atoms with van der Waals surface area (Å²) in [5.74, 6) is -1.10. The monoisotopic (exact) mass is 417 g/mol.